The van der Waals surface area contributed by atoms with Crippen LogP contribution in [0.4, 0.5) is 10.1 Å². The van der Waals surface area contributed by atoms with Gasteiger partial charge >= 0.3 is 0 Å². The van der Waals surface area contributed by atoms with E-state index < -0.39 is 11.7 Å². The maximum absolute atomic E-state index is 13.6. The van der Waals surface area contributed by atoms with Crippen molar-refractivity contribution in [3.05, 3.63) is 94.7 Å². The molecule has 0 saturated carbocycles. The molecule has 0 aliphatic rings. The maximum atomic E-state index is 13.6. The van der Waals surface area contributed by atoms with Crippen LogP contribution in [-0.2, 0) is 6.54 Å². The van der Waals surface area contributed by atoms with Crippen molar-refractivity contribution in [3.8, 4) is 5.82 Å². The van der Waals surface area contributed by atoms with E-state index in [1.807, 2.05) is 30.3 Å². The van der Waals surface area contributed by atoms with Crippen LogP contribution in [0.3, 0.4) is 0 Å². The third-order valence-electron chi connectivity index (χ3n) is 4.50. The molecule has 1 N–H and O–H groups in total. The van der Waals surface area contributed by atoms with Crippen molar-refractivity contribution < 1.29 is 9.18 Å². The lowest BCUT2D eigenvalue weighted by molar-refractivity contribution is 0.102. The predicted octanol–water partition coefficient (Wildman–Crippen LogP) is 4.47. The Morgan fingerprint density at radius 2 is 1.90 bits per heavy atom. The summed E-state index contributed by atoms with van der Waals surface area (Å²) in [5.41, 5.74) is 2.09. The molecule has 4 rings (SSSR count). The molecular formula is C21H17ClFN5O. The summed E-state index contributed by atoms with van der Waals surface area (Å²) in [5, 5.41) is 11.6. The Balaban J connectivity index is 1.72. The fraction of sp³-hybridized carbons (Fsp3) is 0.0952. The highest BCUT2D eigenvalue weighted by atomic mass is 35.5. The summed E-state index contributed by atoms with van der Waals surface area (Å²) in [7, 11) is 0. The van der Waals surface area contributed by atoms with E-state index in [-0.39, 0.29) is 5.69 Å². The molecule has 0 atom stereocenters. The summed E-state index contributed by atoms with van der Waals surface area (Å²) >= 11 is 6.28. The normalized spacial score (nSPS) is 10.9. The van der Waals surface area contributed by atoms with Gasteiger partial charge in [0.05, 0.1) is 6.54 Å². The van der Waals surface area contributed by atoms with E-state index in [0.717, 1.165) is 11.1 Å². The molecule has 0 aliphatic heterocycles. The van der Waals surface area contributed by atoms with E-state index in [4.69, 9.17) is 11.6 Å². The van der Waals surface area contributed by atoms with Gasteiger partial charge in [-0.3, -0.25) is 4.79 Å². The van der Waals surface area contributed by atoms with Crippen molar-refractivity contribution in [1.82, 2.24) is 19.6 Å². The number of rotatable bonds is 5. The second-order valence-corrected chi connectivity index (χ2v) is 6.92. The summed E-state index contributed by atoms with van der Waals surface area (Å²) in [6.45, 7) is 2.13. The fourth-order valence-corrected chi connectivity index (χ4v) is 3.19. The number of aromatic nitrogens is 4. The molecule has 2 aromatic heterocycles. The predicted molar refractivity (Wildman–Crippen MR) is 109 cm³/mol. The molecule has 146 valence electrons. The van der Waals surface area contributed by atoms with Gasteiger partial charge < -0.3 is 9.88 Å². The summed E-state index contributed by atoms with van der Waals surface area (Å²) in [4.78, 5) is 12.9. The number of amides is 1. The van der Waals surface area contributed by atoms with Crippen LogP contribution in [0.5, 0.6) is 0 Å². The van der Waals surface area contributed by atoms with Crippen molar-refractivity contribution in [2.24, 2.45) is 0 Å². The van der Waals surface area contributed by atoms with Crippen LogP contribution < -0.4 is 5.32 Å². The van der Waals surface area contributed by atoms with Crippen molar-refractivity contribution in [1.29, 1.82) is 0 Å². The first-order chi connectivity index (χ1) is 14.0. The number of benzene rings is 2. The molecule has 0 fully saturated rings. The molecule has 1 amide bonds. The average molecular weight is 410 g/mol. The minimum atomic E-state index is -0.479. The maximum Gasteiger partial charge on any atom is 0.280 e. The highest BCUT2D eigenvalue weighted by Crippen LogP contribution is 2.21. The number of carbonyl (C=O) groups is 1. The highest BCUT2D eigenvalue weighted by molar-refractivity contribution is 6.31. The van der Waals surface area contributed by atoms with E-state index in [2.05, 4.69) is 15.6 Å². The topological polar surface area (TPSA) is 64.7 Å². The van der Waals surface area contributed by atoms with Crippen molar-refractivity contribution in [2.45, 2.75) is 13.5 Å². The molecule has 0 saturated heterocycles. The van der Waals surface area contributed by atoms with Crippen LogP contribution in [0.1, 0.15) is 21.6 Å². The molecule has 0 bridgehead atoms. The monoisotopic (exact) mass is 409 g/mol. The molecule has 6 nitrogen and oxygen atoms in total. The van der Waals surface area contributed by atoms with Gasteiger partial charge in [0.25, 0.3) is 5.91 Å². The minimum Gasteiger partial charge on any atom is -0.320 e. The zero-order valence-electron chi connectivity index (χ0n) is 15.5. The average Bonchev–Trinajstić information content (AvgIpc) is 3.36. The number of hydrogen-bond donors (Lipinski definition) is 1. The van der Waals surface area contributed by atoms with Crippen molar-refractivity contribution in [3.63, 3.8) is 0 Å². The molecular weight excluding hydrogens is 393 g/mol. The Morgan fingerprint density at radius 3 is 2.66 bits per heavy atom. The first kappa shape index (κ1) is 18.9. The molecule has 0 unspecified atom stereocenters. The van der Waals surface area contributed by atoms with Gasteiger partial charge in [-0.05, 0) is 48.4 Å². The number of nitrogens with zero attached hydrogens (tertiary/aromatic N) is 4. The van der Waals surface area contributed by atoms with Gasteiger partial charge in [0, 0.05) is 23.1 Å². The Bertz CT molecular complexity index is 1170. The van der Waals surface area contributed by atoms with Gasteiger partial charge in [-0.15, -0.1) is 5.10 Å². The molecule has 4 aromatic rings. The number of halogens is 2. The van der Waals surface area contributed by atoms with Gasteiger partial charge in [0.1, 0.15) is 5.82 Å². The molecule has 2 heterocycles. The Hall–Kier alpha value is -3.45. The smallest absolute Gasteiger partial charge is 0.280 e. The molecule has 0 spiro atoms. The van der Waals surface area contributed by atoms with Crippen LogP contribution in [0, 0.1) is 12.7 Å². The number of anilines is 1. The van der Waals surface area contributed by atoms with Crippen LogP contribution in [-0.4, -0.2) is 25.5 Å². The molecule has 29 heavy (non-hydrogen) atoms. The van der Waals surface area contributed by atoms with Crippen LogP contribution in [0.2, 0.25) is 5.02 Å². The number of carbonyl (C=O) groups excluding carboxylic acids is 1. The zero-order chi connectivity index (χ0) is 20.4. The Morgan fingerprint density at radius 1 is 1.14 bits per heavy atom. The largest absolute Gasteiger partial charge is 0.320 e. The van der Waals surface area contributed by atoms with Crippen molar-refractivity contribution >= 4 is 23.2 Å². The minimum absolute atomic E-state index is 0.122. The number of aryl methyl sites for hydroxylation is 1. The van der Waals surface area contributed by atoms with E-state index in [1.54, 1.807) is 40.7 Å². The molecule has 2 aromatic carbocycles. The molecule has 0 radical (unpaired) electrons. The van der Waals surface area contributed by atoms with Crippen molar-refractivity contribution in [2.75, 3.05) is 5.32 Å². The highest BCUT2D eigenvalue weighted by Gasteiger charge is 2.22. The first-order valence-corrected chi connectivity index (χ1v) is 9.28. The zero-order valence-corrected chi connectivity index (χ0v) is 16.3. The van der Waals surface area contributed by atoms with Gasteiger partial charge in [0.15, 0.2) is 11.5 Å². The fourth-order valence-electron chi connectivity index (χ4n) is 2.99. The Labute approximate surface area is 171 Å². The van der Waals surface area contributed by atoms with E-state index in [0.29, 0.717) is 23.1 Å². The summed E-state index contributed by atoms with van der Waals surface area (Å²) in [5.74, 6) is -0.423. The first-order valence-electron chi connectivity index (χ1n) is 8.90. The lowest BCUT2D eigenvalue weighted by atomic mass is 10.2. The van der Waals surface area contributed by atoms with Crippen LogP contribution in [0.15, 0.2) is 67.0 Å². The quantitative estimate of drug-likeness (QED) is 0.529. The summed E-state index contributed by atoms with van der Waals surface area (Å²) in [6.07, 6.45) is 3.60. The van der Waals surface area contributed by atoms with Crippen LogP contribution >= 0.6 is 11.6 Å². The third kappa shape index (κ3) is 3.90. The number of nitrogens with one attached hydrogen (secondary N) is 1. The standard InChI is InChI=1S/C21H17ClFN5O/c1-14-8-9-16(23)12-18(14)24-20(29)19-21(27-10-4-5-11-27)28(26-25-19)13-15-6-2-3-7-17(15)22/h2-12H,13H2,1H3,(H,24,29). The number of hydrogen-bond acceptors (Lipinski definition) is 3. The third-order valence-corrected chi connectivity index (χ3v) is 4.87. The summed E-state index contributed by atoms with van der Waals surface area (Å²) < 4.78 is 16.9. The second kappa shape index (κ2) is 7.89. The van der Waals surface area contributed by atoms with Crippen LogP contribution in [0.25, 0.3) is 5.82 Å². The second-order valence-electron chi connectivity index (χ2n) is 6.51. The SMILES string of the molecule is Cc1ccc(F)cc1NC(=O)c1nnn(Cc2ccccc2Cl)c1-n1cccc1. The van der Waals surface area contributed by atoms with E-state index >= 15 is 0 Å². The summed E-state index contributed by atoms with van der Waals surface area (Å²) in [6, 6.07) is 15.3. The van der Waals surface area contributed by atoms with Gasteiger partial charge in [-0.1, -0.05) is 41.1 Å². The van der Waals surface area contributed by atoms with E-state index in [1.165, 1.54) is 12.1 Å². The van der Waals surface area contributed by atoms with Gasteiger partial charge in [-0.2, -0.15) is 0 Å². The molecule has 0 aliphatic carbocycles. The Kier molecular flexibility index (Phi) is 5.14. The lowest BCUT2D eigenvalue weighted by Crippen LogP contribution is -2.17. The van der Waals surface area contributed by atoms with Gasteiger partial charge in [0.2, 0.25) is 0 Å². The van der Waals surface area contributed by atoms with Gasteiger partial charge in [-0.25, -0.2) is 9.07 Å². The van der Waals surface area contributed by atoms with E-state index in [9.17, 15) is 9.18 Å². The lowest BCUT2D eigenvalue weighted by Gasteiger charge is -2.11. The molecule has 8 heteroatoms.